The van der Waals surface area contributed by atoms with E-state index in [9.17, 15) is 19.2 Å². The number of rotatable bonds is 0. The van der Waals surface area contributed by atoms with Crippen LogP contribution >= 0.6 is 0 Å². The van der Waals surface area contributed by atoms with Gasteiger partial charge in [0.1, 0.15) is 0 Å². The van der Waals surface area contributed by atoms with E-state index in [1.54, 1.807) is 12.2 Å². The van der Waals surface area contributed by atoms with Gasteiger partial charge < -0.3 is 9.47 Å². The first kappa shape index (κ1) is 9.99. The summed E-state index contributed by atoms with van der Waals surface area (Å²) in [6.07, 6.45) is 3.49. The fraction of sp³-hybridized carbons (Fsp3) is 0.500. The lowest BCUT2D eigenvalue weighted by Gasteiger charge is -2.42. The highest BCUT2D eigenvalue weighted by atomic mass is 16.6. The Labute approximate surface area is 101 Å². The molecule has 4 unspecified atom stereocenters. The van der Waals surface area contributed by atoms with E-state index in [1.165, 1.54) is 0 Å². The molecule has 5 rings (SSSR count). The summed E-state index contributed by atoms with van der Waals surface area (Å²) < 4.78 is 9.29. The van der Waals surface area contributed by atoms with Crippen molar-refractivity contribution in [2.24, 2.45) is 35.5 Å². The van der Waals surface area contributed by atoms with E-state index < -0.39 is 59.4 Å². The van der Waals surface area contributed by atoms with Crippen molar-refractivity contribution >= 4 is 23.9 Å². The number of carbonyl (C=O) groups excluding carboxylic acids is 4. The van der Waals surface area contributed by atoms with Gasteiger partial charge in [0, 0.05) is 11.8 Å². The molecule has 0 N–H and O–H groups in total. The molecule has 5 aliphatic rings. The highest BCUT2D eigenvalue weighted by Gasteiger charge is 2.67. The first-order valence-electron chi connectivity index (χ1n) is 5.79. The largest absolute Gasteiger partial charge is 0.393 e. The van der Waals surface area contributed by atoms with E-state index in [-0.39, 0.29) is 0 Å². The Hall–Kier alpha value is -1.98. The average Bonchev–Trinajstić information content (AvgIpc) is 2.81. The van der Waals surface area contributed by atoms with Gasteiger partial charge in [-0.2, -0.15) is 0 Å². The Morgan fingerprint density at radius 1 is 0.611 bits per heavy atom. The molecule has 2 aliphatic heterocycles. The second kappa shape index (κ2) is 2.88. The summed E-state index contributed by atoms with van der Waals surface area (Å²) >= 11 is 0. The zero-order valence-electron chi connectivity index (χ0n) is 9.07. The monoisotopic (exact) mass is 248 g/mol. The predicted molar refractivity (Wildman–Crippen MR) is 52.3 cm³/mol. The lowest BCUT2D eigenvalue weighted by molar-refractivity contribution is -0.154. The van der Waals surface area contributed by atoms with Crippen LogP contribution in [0.4, 0.5) is 0 Å². The second-order valence-corrected chi connectivity index (χ2v) is 5.12. The van der Waals surface area contributed by atoms with Crippen molar-refractivity contribution in [3.63, 3.8) is 0 Å². The summed E-state index contributed by atoms with van der Waals surface area (Å²) in [6.45, 7) is 0. The quantitative estimate of drug-likeness (QED) is 0.324. The summed E-state index contributed by atoms with van der Waals surface area (Å²) in [5.74, 6) is -5.79. The predicted octanol–water partition coefficient (Wildman–Crippen LogP) is -0.566. The van der Waals surface area contributed by atoms with Gasteiger partial charge >= 0.3 is 23.9 Å². The van der Waals surface area contributed by atoms with E-state index in [4.69, 9.17) is 0 Å². The molecule has 1 saturated carbocycles. The third-order valence-electron chi connectivity index (χ3n) is 4.48. The van der Waals surface area contributed by atoms with Crippen LogP contribution in [-0.4, -0.2) is 23.9 Å². The first-order chi connectivity index (χ1) is 8.59. The van der Waals surface area contributed by atoms with Crippen LogP contribution in [0.25, 0.3) is 0 Å². The number of hydrogen-bond acceptors (Lipinski definition) is 6. The van der Waals surface area contributed by atoms with Gasteiger partial charge in [0.2, 0.25) is 0 Å². The fourth-order valence-electron chi connectivity index (χ4n) is 3.83. The van der Waals surface area contributed by atoms with Crippen molar-refractivity contribution < 1.29 is 28.7 Å². The minimum Gasteiger partial charge on any atom is -0.393 e. The van der Waals surface area contributed by atoms with Gasteiger partial charge in [-0.05, 0) is 0 Å². The zero-order valence-corrected chi connectivity index (χ0v) is 9.07. The third-order valence-corrected chi connectivity index (χ3v) is 4.48. The Bertz CT molecular complexity index is 459. The van der Waals surface area contributed by atoms with Crippen LogP contribution in [0.2, 0.25) is 0 Å². The first-order valence-corrected chi connectivity index (χ1v) is 5.79. The maximum absolute atomic E-state index is 11.7. The number of esters is 4. The molecular formula is C12H8O6. The summed E-state index contributed by atoms with van der Waals surface area (Å²) in [7, 11) is 0. The van der Waals surface area contributed by atoms with Gasteiger partial charge in [0.25, 0.3) is 0 Å². The van der Waals surface area contributed by atoms with Crippen LogP contribution in [0.1, 0.15) is 0 Å². The number of ether oxygens (including phenoxy) is 2. The number of cyclic esters (lactones) is 4. The Balaban J connectivity index is 1.88. The summed E-state index contributed by atoms with van der Waals surface area (Å²) in [4.78, 5) is 46.7. The maximum atomic E-state index is 11.7. The van der Waals surface area contributed by atoms with Gasteiger partial charge in [-0.25, -0.2) is 0 Å². The molecule has 2 saturated heterocycles. The van der Waals surface area contributed by atoms with Crippen LogP contribution < -0.4 is 0 Å². The minimum atomic E-state index is -0.632. The van der Waals surface area contributed by atoms with Crippen molar-refractivity contribution in [3.05, 3.63) is 12.2 Å². The van der Waals surface area contributed by atoms with E-state index in [2.05, 4.69) is 9.47 Å². The SMILES string of the molecule is O=C1OC(=O)C2C3C=CC(C12)C1C(=O)OC(=O)C31. The molecule has 18 heavy (non-hydrogen) atoms. The molecule has 0 aromatic carbocycles. The summed E-state index contributed by atoms with van der Waals surface area (Å²) in [5.41, 5.74) is 0. The molecule has 0 amide bonds. The van der Waals surface area contributed by atoms with Crippen molar-refractivity contribution in [1.29, 1.82) is 0 Å². The molecule has 4 atom stereocenters. The Kier molecular flexibility index (Phi) is 1.60. The normalized spacial score (nSPS) is 48.0. The van der Waals surface area contributed by atoms with Crippen molar-refractivity contribution in [2.75, 3.05) is 0 Å². The minimum absolute atomic E-state index is 0.456. The van der Waals surface area contributed by atoms with Gasteiger partial charge in [0.15, 0.2) is 0 Å². The smallest absolute Gasteiger partial charge is 0.318 e. The van der Waals surface area contributed by atoms with Crippen LogP contribution in [0.3, 0.4) is 0 Å². The third kappa shape index (κ3) is 0.913. The van der Waals surface area contributed by atoms with Gasteiger partial charge in [-0.3, -0.25) is 19.2 Å². The average molecular weight is 248 g/mol. The van der Waals surface area contributed by atoms with E-state index >= 15 is 0 Å². The van der Waals surface area contributed by atoms with E-state index in [1.807, 2.05) is 0 Å². The van der Waals surface area contributed by atoms with Gasteiger partial charge in [-0.15, -0.1) is 0 Å². The van der Waals surface area contributed by atoms with Crippen LogP contribution in [0.15, 0.2) is 12.2 Å². The number of carbonyl (C=O) groups is 4. The topological polar surface area (TPSA) is 86.7 Å². The highest BCUT2D eigenvalue weighted by molar-refractivity contribution is 6.03. The number of hydrogen-bond donors (Lipinski definition) is 0. The van der Waals surface area contributed by atoms with Gasteiger partial charge in [0.05, 0.1) is 23.7 Å². The molecule has 0 aromatic rings. The molecule has 2 bridgehead atoms. The van der Waals surface area contributed by atoms with Crippen LogP contribution in [0.5, 0.6) is 0 Å². The molecule has 92 valence electrons. The van der Waals surface area contributed by atoms with Crippen LogP contribution in [-0.2, 0) is 28.7 Å². The summed E-state index contributed by atoms with van der Waals surface area (Å²) in [6, 6.07) is 0. The second-order valence-electron chi connectivity index (χ2n) is 5.12. The number of allylic oxidation sites excluding steroid dienone is 2. The lowest BCUT2D eigenvalue weighted by atomic mass is 9.54. The van der Waals surface area contributed by atoms with E-state index in [0.29, 0.717) is 0 Å². The van der Waals surface area contributed by atoms with E-state index in [0.717, 1.165) is 0 Å². The summed E-state index contributed by atoms with van der Waals surface area (Å²) in [5, 5.41) is 0. The molecule has 2 heterocycles. The molecule has 0 radical (unpaired) electrons. The van der Waals surface area contributed by atoms with Crippen LogP contribution in [0, 0.1) is 35.5 Å². The zero-order chi connectivity index (χ0) is 12.6. The maximum Gasteiger partial charge on any atom is 0.318 e. The molecule has 3 aliphatic carbocycles. The van der Waals surface area contributed by atoms with Crippen molar-refractivity contribution in [2.45, 2.75) is 0 Å². The van der Waals surface area contributed by atoms with Crippen molar-refractivity contribution in [1.82, 2.24) is 0 Å². The Morgan fingerprint density at radius 3 is 1.17 bits per heavy atom. The standard InChI is InChI=1S/C12H8O6/c13-9-5-3-1-2-4(7(5)11(15)17-9)8-6(3)10(14)18-12(8)16/h1-8H. The lowest BCUT2D eigenvalue weighted by Crippen LogP contribution is -2.50. The van der Waals surface area contributed by atoms with Crippen molar-refractivity contribution in [3.8, 4) is 0 Å². The molecule has 0 aromatic heterocycles. The highest BCUT2D eigenvalue weighted by Crippen LogP contribution is 2.56. The van der Waals surface area contributed by atoms with Gasteiger partial charge in [-0.1, -0.05) is 12.2 Å². The molecular weight excluding hydrogens is 240 g/mol. The molecule has 6 heteroatoms. The molecule has 6 nitrogen and oxygen atoms in total. The molecule has 3 fully saturated rings. The molecule has 0 spiro atoms. The Morgan fingerprint density at radius 2 is 0.889 bits per heavy atom. The fourth-order valence-corrected chi connectivity index (χ4v) is 3.83.